The molecule has 1 aromatic carbocycles. The van der Waals surface area contributed by atoms with Crippen molar-refractivity contribution in [2.75, 3.05) is 20.4 Å². The number of amidine groups is 1. The minimum absolute atomic E-state index is 0.711. The van der Waals surface area contributed by atoms with E-state index in [-0.39, 0.29) is 0 Å². The lowest BCUT2D eigenvalue weighted by Gasteiger charge is -2.26. The van der Waals surface area contributed by atoms with Gasteiger partial charge in [-0.25, -0.2) is 4.99 Å². The SMILES string of the molecule is COc1cccc(CSC2=NCN(Cc3cccnc3)CN2)c1. The van der Waals surface area contributed by atoms with E-state index in [1.807, 2.05) is 24.4 Å². The number of rotatable bonds is 5. The molecular formula is C17H20N4OS. The van der Waals surface area contributed by atoms with Gasteiger partial charge in [0, 0.05) is 24.7 Å². The average Bonchev–Trinajstić information content (AvgIpc) is 2.62. The first kappa shape index (κ1) is 15.8. The van der Waals surface area contributed by atoms with Crippen molar-refractivity contribution < 1.29 is 4.74 Å². The third-order valence-corrected chi connectivity index (χ3v) is 4.53. The van der Waals surface area contributed by atoms with Crippen LogP contribution in [0.25, 0.3) is 0 Å². The summed E-state index contributed by atoms with van der Waals surface area (Å²) in [6.45, 7) is 2.37. The van der Waals surface area contributed by atoms with Crippen LogP contribution in [0.15, 0.2) is 53.8 Å². The monoisotopic (exact) mass is 328 g/mol. The van der Waals surface area contributed by atoms with E-state index in [0.717, 1.165) is 29.9 Å². The summed E-state index contributed by atoms with van der Waals surface area (Å²) in [7, 11) is 1.69. The van der Waals surface area contributed by atoms with E-state index in [1.54, 1.807) is 25.1 Å². The van der Waals surface area contributed by atoms with Crippen molar-refractivity contribution in [1.82, 2.24) is 15.2 Å². The van der Waals surface area contributed by atoms with Crippen LogP contribution in [0.2, 0.25) is 0 Å². The second-order valence-corrected chi connectivity index (χ2v) is 6.23. The van der Waals surface area contributed by atoms with Crippen LogP contribution in [0, 0.1) is 0 Å². The van der Waals surface area contributed by atoms with Crippen LogP contribution < -0.4 is 10.1 Å². The lowest BCUT2D eigenvalue weighted by Crippen LogP contribution is -2.41. The van der Waals surface area contributed by atoms with Crippen LogP contribution in [-0.4, -0.2) is 35.5 Å². The molecule has 0 unspecified atom stereocenters. The molecule has 0 bridgehead atoms. The summed E-state index contributed by atoms with van der Waals surface area (Å²) in [5.74, 6) is 1.77. The van der Waals surface area contributed by atoms with Crippen molar-refractivity contribution in [3.05, 3.63) is 59.9 Å². The summed E-state index contributed by atoms with van der Waals surface area (Å²) in [6.07, 6.45) is 3.69. The topological polar surface area (TPSA) is 49.8 Å². The molecule has 0 radical (unpaired) electrons. The van der Waals surface area contributed by atoms with Gasteiger partial charge in [-0.05, 0) is 29.3 Å². The van der Waals surface area contributed by atoms with E-state index >= 15 is 0 Å². The number of aromatic nitrogens is 1. The Morgan fingerprint density at radius 2 is 2.17 bits per heavy atom. The Bertz CT molecular complexity index is 663. The van der Waals surface area contributed by atoms with Gasteiger partial charge in [-0.1, -0.05) is 30.0 Å². The number of pyridine rings is 1. The maximum atomic E-state index is 5.25. The standard InChI is InChI=1S/C17H20N4OS/c1-22-16-6-2-4-14(8-16)11-23-17-19-12-21(13-20-17)10-15-5-3-7-18-9-15/h2-9H,10-13H2,1H3,(H,19,20). The zero-order valence-electron chi connectivity index (χ0n) is 13.1. The van der Waals surface area contributed by atoms with Crippen LogP contribution in [0.1, 0.15) is 11.1 Å². The lowest BCUT2D eigenvalue weighted by atomic mass is 10.2. The minimum atomic E-state index is 0.711. The van der Waals surface area contributed by atoms with Crippen molar-refractivity contribution >= 4 is 16.9 Å². The zero-order chi connectivity index (χ0) is 15.9. The number of nitrogens with one attached hydrogen (secondary N) is 1. The molecule has 6 heteroatoms. The van der Waals surface area contributed by atoms with Crippen LogP contribution in [0.4, 0.5) is 0 Å². The Morgan fingerprint density at radius 3 is 2.91 bits per heavy atom. The number of thioether (sulfide) groups is 1. The van der Waals surface area contributed by atoms with Crippen molar-refractivity contribution in [3.63, 3.8) is 0 Å². The van der Waals surface area contributed by atoms with E-state index < -0.39 is 0 Å². The van der Waals surface area contributed by atoms with E-state index in [1.165, 1.54) is 11.1 Å². The summed E-state index contributed by atoms with van der Waals surface area (Å²) in [4.78, 5) is 11.0. The van der Waals surface area contributed by atoms with Gasteiger partial charge in [-0.3, -0.25) is 9.88 Å². The Balaban J connectivity index is 1.49. The number of nitrogens with zero attached hydrogens (tertiary/aromatic N) is 3. The fourth-order valence-electron chi connectivity index (χ4n) is 2.32. The number of hydrogen-bond acceptors (Lipinski definition) is 6. The first-order valence-electron chi connectivity index (χ1n) is 7.49. The Morgan fingerprint density at radius 1 is 1.26 bits per heavy atom. The van der Waals surface area contributed by atoms with Crippen LogP contribution in [0.5, 0.6) is 5.75 Å². The molecule has 120 valence electrons. The van der Waals surface area contributed by atoms with Crippen molar-refractivity contribution in [2.24, 2.45) is 4.99 Å². The molecule has 1 aromatic heterocycles. The molecule has 5 nitrogen and oxygen atoms in total. The molecule has 1 N–H and O–H groups in total. The quantitative estimate of drug-likeness (QED) is 0.914. The van der Waals surface area contributed by atoms with Gasteiger partial charge in [-0.2, -0.15) is 0 Å². The maximum Gasteiger partial charge on any atom is 0.159 e. The zero-order valence-corrected chi connectivity index (χ0v) is 13.9. The van der Waals surface area contributed by atoms with Gasteiger partial charge < -0.3 is 10.1 Å². The summed E-state index contributed by atoms with van der Waals surface area (Å²) in [5.41, 5.74) is 2.44. The molecule has 0 aliphatic carbocycles. The van der Waals surface area contributed by atoms with Gasteiger partial charge in [-0.15, -0.1) is 0 Å². The van der Waals surface area contributed by atoms with Crippen LogP contribution in [0.3, 0.4) is 0 Å². The highest BCUT2D eigenvalue weighted by Crippen LogP contribution is 2.19. The Hall–Kier alpha value is -2.05. The number of ether oxygens (including phenoxy) is 1. The van der Waals surface area contributed by atoms with E-state index in [9.17, 15) is 0 Å². The highest BCUT2D eigenvalue weighted by atomic mass is 32.2. The fourth-order valence-corrected chi connectivity index (χ4v) is 3.11. The molecule has 2 heterocycles. The van der Waals surface area contributed by atoms with Crippen LogP contribution >= 0.6 is 11.8 Å². The van der Waals surface area contributed by atoms with Crippen molar-refractivity contribution in [3.8, 4) is 5.75 Å². The molecule has 0 spiro atoms. The number of aliphatic imine (C=N–C) groups is 1. The average molecular weight is 328 g/mol. The molecule has 0 amide bonds. The number of hydrogen-bond donors (Lipinski definition) is 1. The summed E-state index contributed by atoms with van der Waals surface area (Å²) >= 11 is 1.72. The van der Waals surface area contributed by atoms with Gasteiger partial charge in [0.25, 0.3) is 0 Å². The molecule has 0 atom stereocenters. The molecule has 0 saturated heterocycles. The van der Waals surface area contributed by atoms with Gasteiger partial charge in [0.2, 0.25) is 0 Å². The van der Waals surface area contributed by atoms with E-state index in [4.69, 9.17) is 4.74 Å². The first-order valence-corrected chi connectivity index (χ1v) is 8.47. The second-order valence-electron chi connectivity index (χ2n) is 5.27. The lowest BCUT2D eigenvalue weighted by molar-refractivity contribution is 0.258. The first-order chi connectivity index (χ1) is 11.3. The molecule has 0 fully saturated rings. The minimum Gasteiger partial charge on any atom is -0.497 e. The van der Waals surface area contributed by atoms with Gasteiger partial charge in [0.15, 0.2) is 5.17 Å². The number of benzene rings is 1. The third kappa shape index (κ3) is 4.71. The van der Waals surface area contributed by atoms with Gasteiger partial charge in [0.1, 0.15) is 5.75 Å². The molecule has 23 heavy (non-hydrogen) atoms. The highest BCUT2D eigenvalue weighted by Gasteiger charge is 2.12. The molecule has 1 aliphatic rings. The molecule has 2 aromatic rings. The predicted molar refractivity (Wildman–Crippen MR) is 94.4 cm³/mol. The molecule has 0 saturated carbocycles. The smallest absolute Gasteiger partial charge is 0.159 e. The van der Waals surface area contributed by atoms with Crippen LogP contribution in [-0.2, 0) is 12.3 Å². The molecule has 1 aliphatic heterocycles. The maximum absolute atomic E-state index is 5.25. The Kier molecular flexibility index (Phi) is 5.50. The summed E-state index contributed by atoms with van der Waals surface area (Å²) < 4.78 is 5.25. The fraction of sp³-hybridized carbons (Fsp3) is 0.294. The van der Waals surface area contributed by atoms with Crippen molar-refractivity contribution in [2.45, 2.75) is 12.3 Å². The van der Waals surface area contributed by atoms with E-state index in [2.05, 4.69) is 38.4 Å². The Labute approximate surface area is 140 Å². The normalized spacial score (nSPS) is 14.9. The summed E-state index contributed by atoms with van der Waals surface area (Å²) in [6, 6.07) is 12.2. The second kappa shape index (κ2) is 7.99. The summed E-state index contributed by atoms with van der Waals surface area (Å²) in [5, 5.41) is 4.37. The van der Waals surface area contributed by atoms with Gasteiger partial charge >= 0.3 is 0 Å². The number of methoxy groups -OCH3 is 1. The molecular weight excluding hydrogens is 308 g/mol. The highest BCUT2D eigenvalue weighted by molar-refractivity contribution is 8.13. The van der Waals surface area contributed by atoms with E-state index in [0.29, 0.717) is 6.67 Å². The molecule has 3 rings (SSSR count). The third-order valence-electron chi connectivity index (χ3n) is 3.51. The predicted octanol–water partition coefficient (Wildman–Crippen LogP) is 2.70. The van der Waals surface area contributed by atoms with Gasteiger partial charge in [0.05, 0.1) is 20.4 Å². The van der Waals surface area contributed by atoms with Crippen molar-refractivity contribution in [1.29, 1.82) is 0 Å². The largest absolute Gasteiger partial charge is 0.497 e.